The maximum atomic E-state index is 12.0. The van der Waals surface area contributed by atoms with E-state index >= 15 is 0 Å². The number of para-hydroxylation sites is 1. The maximum Gasteiger partial charge on any atom is 0.221 e. The molecular formula is C21H25N3O2. The molecule has 0 unspecified atom stereocenters. The predicted octanol–water partition coefficient (Wildman–Crippen LogP) is 3.73. The Balaban J connectivity index is 1.36. The van der Waals surface area contributed by atoms with Crippen LogP contribution in [-0.4, -0.2) is 30.6 Å². The van der Waals surface area contributed by atoms with Gasteiger partial charge in [0.25, 0.3) is 0 Å². The number of benzene rings is 2. The average molecular weight is 351 g/mol. The number of H-pyrrole nitrogens is 1. The van der Waals surface area contributed by atoms with Gasteiger partial charge in [-0.1, -0.05) is 18.2 Å². The zero-order valence-corrected chi connectivity index (χ0v) is 15.0. The number of fused-ring (bicyclic) bond motifs is 1. The molecule has 1 amide bonds. The van der Waals surface area contributed by atoms with Gasteiger partial charge < -0.3 is 20.4 Å². The van der Waals surface area contributed by atoms with Crippen molar-refractivity contribution < 1.29 is 9.53 Å². The highest BCUT2D eigenvalue weighted by molar-refractivity contribution is 5.83. The molecule has 0 spiro atoms. The second kappa shape index (κ2) is 8.94. The molecule has 0 saturated heterocycles. The molecule has 0 aliphatic heterocycles. The predicted molar refractivity (Wildman–Crippen MR) is 106 cm³/mol. The van der Waals surface area contributed by atoms with Crippen LogP contribution in [0.15, 0.2) is 54.7 Å². The van der Waals surface area contributed by atoms with Crippen LogP contribution < -0.4 is 15.4 Å². The normalized spacial score (nSPS) is 10.7. The van der Waals surface area contributed by atoms with Gasteiger partial charge in [0.15, 0.2) is 0 Å². The third kappa shape index (κ3) is 4.79. The van der Waals surface area contributed by atoms with Gasteiger partial charge in [0.05, 0.1) is 6.61 Å². The molecule has 0 atom stereocenters. The van der Waals surface area contributed by atoms with Crippen molar-refractivity contribution in [2.24, 2.45) is 0 Å². The Hall–Kier alpha value is -2.95. The fourth-order valence-corrected chi connectivity index (χ4v) is 2.92. The molecule has 3 N–H and O–H groups in total. The van der Waals surface area contributed by atoms with Gasteiger partial charge in [-0.3, -0.25) is 4.79 Å². The van der Waals surface area contributed by atoms with E-state index in [1.54, 1.807) is 0 Å². The summed E-state index contributed by atoms with van der Waals surface area (Å²) < 4.78 is 5.41. The number of aromatic nitrogens is 1. The largest absolute Gasteiger partial charge is 0.494 e. The third-order valence-electron chi connectivity index (χ3n) is 4.24. The van der Waals surface area contributed by atoms with Gasteiger partial charge in [-0.15, -0.1) is 0 Å². The van der Waals surface area contributed by atoms with Crippen LogP contribution in [0.25, 0.3) is 10.9 Å². The van der Waals surface area contributed by atoms with Gasteiger partial charge in [-0.05, 0) is 49.2 Å². The van der Waals surface area contributed by atoms with Crippen LogP contribution in [0.5, 0.6) is 5.75 Å². The van der Waals surface area contributed by atoms with Gasteiger partial charge in [0.2, 0.25) is 5.91 Å². The summed E-state index contributed by atoms with van der Waals surface area (Å²) in [7, 11) is 0. The Labute approximate surface area is 153 Å². The highest BCUT2D eigenvalue weighted by Gasteiger charge is 2.05. The van der Waals surface area contributed by atoms with Crippen molar-refractivity contribution in [1.82, 2.24) is 10.3 Å². The SMILES string of the molecule is CCOc1ccc(NCCC(=O)NCCc2c[nH]c3ccccc23)cc1. The number of aromatic amines is 1. The summed E-state index contributed by atoms with van der Waals surface area (Å²) in [5.74, 6) is 0.913. The van der Waals surface area contributed by atoms with Gasteiger partial charge in [-0.2, -0.15) is 0 Å². The first-order valence-corrected chi connectivity index (χ1v) is 9.04. The molecule has 0 radical (unpaired) electrons. The smallest absolute Gasteiger partial charge is 0.221 e. The lowest BCUT2D eigenvalue weighted by molar-refractivity contribution is -0.120. The van der Waals surface area contributed by atoms with E-state index in [4.69, 9.17) is 4.74 Å². The van der Waals surface area contributed by atoms with Crippen LogP contribution in [0.2, 0.25) is 0 Å². The summed E-state index contributed by atoms with van der Waals surface area (Å²) in [4.78, 5) is 15.2. The average Bonchev–Trinajstić information content (AvgIpc) is 3.07. The Morgan fingerprint density at radius 3 is 2.69 bits per heavy atom. The lowest BCUT2D eigenvalue weighted by Gasteiger charge is -2.08. The minimum atomic E-state index is 0.0586. The number of amides is 1. The topological polar surface area (TPSA) is 66.2 Å². The Kier molecular flexibility index (Phi) is 6.14. The fourth-order valence-electron chi connectivity index (χ4n) is 2.92. The van der Waals surface area contributed by atoms with Crippen LogP contribution in [0, 0.1) is 0 Å². The second-order valence-electron chi connectivity index (χ2n) is 6.09. The summed E-state index contributed by atoms with van der Waals surface area (Å²) in [5.41, 5.74) is 3.35. The molecule has 3 rings (SSSR count). The van der Waals surface area contributed by atoms with Crippen molar-refractivity contribution >= 4 is 22.5 Å². The molecular weight excluding hydrogens is 326 g/mol. The zero-order valence-electron chi connectivity index (χ0n) is 15.0. The van der Waals surface area contributed by atoms with Crippen LogP contribution in [0.1, 0.15) is 18.9 Å². The van der Waals surface area contributed by atoms with Crippen molar-refractivity contribution in [2.75, 3.05) is 25.0 Å². The number of hydrogen-bond donors (Lipinski definition) is 3. The van der Waals surface area contributed by atoms with Gasteiger partial charge in [0, 0.05) is 42.3 Å². The standard InChI is InChI=1S/C21H25N3O2/c1-2-26-18-9-7-17(8-10-18)22-14-12-21(25)23-13-11-16-15-24-20-6-4-3-5-19(16)20/h3-10,15,22,24H,2,11-14H2,1H3,(H,23,25). The van der Waals surface area contributed by atoms with Crippen LogP contribution in [0.3, 0.4) is 0 Å². The maximum absolute atomic E-state index is 12.0. The Bertz CT molecular complexity index is 840. The van der Waals surface area contributed by atoms with Crippen molar-refractivity contribution in [3.8, 4) is 5.75 Å². The number of anilines is 1. The number of hydrogen-bond acceptors (Lipinski definition) is 3. The Morgan fingerprint density at radius 2 is 1.88 bits per heavy atom. The molecule has 0 fully saturated rings. The van der Waals surface area contributed by atoms with Gasteiger partial charge >= 0.3 is 0 Å². The van der Waals surface area contributed by atoms with E-state index in [1.807, 2.05) is 49.5 Å². The van der Waals surface area contributed by atoms with E-state index in [1.165, 1.54) is 10.9 Å². The summed E-state index contributed by atoms with van der Waals surface area (Å²) >= 11 is 0. The summed E-state index contributed by atoms with van der Waals surface area (Å²) in [6, 6.07) is 16.0. The zero-order chi connectivity index (χ0) is 18.2. The molecule has 3 aromatic rings. The lowest BCUT2D eigenvalue weighted by atomic mass is 10.1. The molecule has 0 aliphatic rings. The lowest BCUT2D eigenvalue weighted by Crippen LogP contribution is -2.27. The molecule has 0 bridgehead atoms. The minimum Gasteiger partial charge on any atom is -0.494 e. The second-order valence-corrected chi connectivity index (χ2v) is 6.09. The highest BCUT2D eigenvalue weighted by atomic mass is 16.5. The van der Waals surface area contributed by atoms with E-state index < -0.39 is 0 Å². The first-order valence-electron chi connectivity index (χ1n) is 9.04. The van der Waals surface area contributed by atoms with Crippen molar-refractivity contribution in [3.05, 3.63) is 60.3 Å². The number of carbonyl (C=O) groups excluding carboxylic acids is 1. The molecule has 0 aliphatic carbocycles. The molecule has 5 nitrogen and oxygen atoms in total. The molecule has 2 aromatic carbocycles. The number of nitrogens with one attached hydrogen (secondary N) is 3. The first kappa shape index (κ1) is 17.9. The van der Waals surface area contributed by atoms with E-state index in [0.717, 1.165) is 23.4 Å². The highest BCUT2D eigenvalue weighted by Crippen LogP contribution is 2.18. The van der Waals surface area contributed by atoms with Crippen LogP contribution in [-0.2, 0) is 11.2 Å². The third-order valence-corrected chi connectivity index (χ3v) is 4.24. The monoisotopic (exact) mass is 351 g/mol. The molecule has 26 heavy (non-hydrogen) atoms. The van der Waals surface area contributed by atoms with Crippen LogP contribution >= 0.6 is 0 Å². The first-order chi connectivity index (χ1) is 12.8. The van der Waals surface area contributed by atoms with Crippen molar-refractivity contribution in [2.45, 2.75) is 19.8 Å². The number of rotatable bonds is 9. The van der Waals surface area contributed by atoms with Crippen molar-refractivity contribution in [3.63, 3.8) is 0 Å². The Morgan fingerprint density at radius 1 is 1.08 bits per heavy atom. The molecule has 5 heteroatoms. The van der Waals surface area contributed by atoms with E-state index in [-0.39, 0.29) is 5.91 Å². The van der Waals surface area contributed by atoms with Crippen LogP contribution in [0.4, 0.5) is 5.69 Å². The van der Waals surface area contributed by atoms with Gasteiger partial charge in [0.1, 0.15) is 5.75 Å². The van der Waals surface area contributed by atoms with E-state index in [9.17, 15) is 4.79 Å². The molecule has 1 heterocycles. The summed E-state index contributed by atoms with van der Waals surface area (Å²) in [6.45, 7) is 3.87. The number of ether oxygens (including phenoxy) is 1. The van der Waals surface area contributed by atoms with E-state index in [2.05, 4.69) is 27.8 Å². The molecule has 1 aromatic heterocycles. The summed E-state index contributed by atoms with van der Waals surface area (Å²) in [5, 5.41) is 7.46. The quantitative estimate of drug-likeness (QED) is 0.550. The molecule has 136 valence electrons. The van der Waals surface area contributed by atoms with Gasteiger partial charge in [-0.25, -0.2) is 0 Å². The van der Waals surface area contributed by atoms with Crippen molar-refractivity contribution in [1.29, 1.82) is 0 Å². The fraction of sp³-hybridized carbons (Fsp3) is 0.286. The summed E-state index contributed by atoms with van der Waals surface area (Å²) in [6.07, 6.45) is 3.29. The molecule has 0 saturated carbocycles. The van der Waals surface area contributed by atoms with E-state index in [0.29, 0.717) is 26.1 Å². The minimum absolute atomic E-state index is 0.0586. The number of carbonyl (C=O) groups is 1.